The molecular formula is C22H25N3O4S. The minimum Gasteiger partial charge on any atom is -0.493 e. The number of amidine groups is 1. The van der Waals surface area contributed by atoms with Crippen molar-refractivity contribution < 1.29 is 19.1 Å². The monoisotopic (exact) mass is 427 g/mol. The SMILES string of the molecule is CC(=O)NC1=NN(C(C)=O)[C@@H](c2ccc(OCCCOc3cccc(C)c3)cc2)S1. The average molecular weight is 428 g/mol. The fourth-order valence-corrected chi connectivity index (χ4v) is 3.99. The number of nitrogens with one attached hydrogen (secondary N) is 1. The molecule has 3 rings (SSSR count). The highest BCUT2D eigenvalue weighted by Gasteiger charge is 2.32. The van der Waals surface area contributed by atoms with E-state index in [-0.39, 0.29) is 17.2 Å². The van der Waals surface area contributed by atoms with Gasteiger partial charge in [0.05, 0.1) is 13.2 Å². The number of benzene rings is 2. The van der Waals surface area contributed by atoms with Crippen molar-refractivity contribution in [3.63, 3.8) is 0 Å². The lowest BCUT2D eigenvalue weighted by Gasteiger charge is -2.19. The molecule has 2 aromatic carbocycles. The van der Waals surface area contributed by atoms with Crippen LogP contribution in [0.25, 0.3) is 0 Å². The Balaban J connectivity index is 1.48. The molecule has 0 spiro atoms. The second kappa shape index (κ2) is 10.2. The highest BCUT2D eigenvalue weighted by Crippen LogP contribution is 2.39. The number of rotatable bonds is 7. The van der Waals surface area contributed by atoms with Gasteiger partial charge in [-0.2, -0.15) is 0 Å². The molecule has 1 aliphatic rings. The summed E-state index contributed by atoms with van der Waals surface area (Å²) in [7, 11) is 0. The minimum atomic E-state index is -0.318. The Bertz CT molecular complexity index is 930. The van der Waals surface area contributed by atoms with Crippen molar-refractivity contribution in [1.29, 1.82) is 0 Å². The number of hydrogen-bond donors (Lipinski definition) is 1. The summed E-state index contributed by atoms with van der Waals surface area (Å²) >= 11 is 1.32. The van der Waals surface area contributed by atoms with Crippen molar-refractivity contribution >= 4 is 28.7 Å². The normalized spacial score (nSPS) is 15.5. The summed E-state index contributed by atoms with van der Waals surface area (Å²) in [6.07, 6.45) is 0.764. The first kappa shape index (κ1) is 21.7. The molecule has 0 unspecified atom stereocenters. The zero-order valence-electron chi connectivity index (χ0n) is 17.3. The summed E-state index contributed by atoms with van der Waals surface area (Å²) in [6.45, 7) is 6.01. The lowest BCUT2D eigenvalue weighted by molar-refractivity contribution is -0.129. The van der Waals surface area contributed by atoms with E-state index < -0.39 is 0 Å². The highest BCUT2D eigenvalue weighted by atomic mass is 32.2. The third-order valence-corrected chi connectivity index (χ3v) is 5.33. The van der Waals surface area contributed by atoms with Gasteiger partial charge in [0.15, 0.2) is 5.17 Å². The third kappa shape index (κ3) is 6.00. The molecule has 1 N–H and O–H groups in total. The van der Waals surface area contributed by atoms with Gasteiger partial charge in [0.2, 0.25) is 11.8 Å². The number of ether oxygens (including phenoxy) is 2. The summed E-state index contributed by atoms with van der Waals surface area (Å²) < 4.78 is 11.5. The van der Waals surface area contributed by atoms with E-state index in [9.17, 15) is 9.59 Å². The molecular weight excluding hydrogens is 402 g/mol. The maximum Gasteiger partial charge on any atom is 0.241 e. The van der Waals surface area contributed by atoms with Crippen LogP contribution in [-0.2, 0) is 9.59 Å². The van der Waals surface area contributed by atoms with Crippen LogP contribution in [0.15, 0.2) is 53.6 Å². The highest BCUT2D eigenvalue weighted by molar-refractivity contribution is 8.14. The molecule has 0 aliphatic carbocycles. The Morgan fingerprint density at radius 3 is 2.40 bits per heavy atom. The van der Waals surface area contributed by atoms with Crippen LogP contribution in [0.2, 0.25) is 0 Å². The molecule has 0 bridgehead atoms. The molecule has 0 aromatic heterocycles. The summed E-state index contributed by atoms with van der Waals surface area (Å²) in [6, 6.07) is 15.5. The fourth-order valence-electron chi connectivity index (χ4n) is 2.85. The zero-order chi connectivity index (χ0) is 21.5. The van der Waals surface area contributed by atoms with Gasteiger partial charge in [0.25, 0.3) is 0 Å². The van der Waals surface area contributed by atoms with Gasteiger partial charge in [-0.25, -0.2) is 5.01 Å². The summed E-state index contributed by atoms with van der Waals surface area (Å²) in [4.78, 5) is 23.2. The van der Waals surface area contributed by atoms with E-state index in [2.05, 4.69) is 10.4 Å². The van der Waals surface area contributed by atoms with Gasteiger partial charge >= 0.3 is 0 Å². The molecule has 158 valence electrons. The van der Waals surface area contributed by atoms with Crippen LogP contribution in [0.4, 0.5) is 0 Å². The Kier molecular flexibility index (Phi) is 7.35. The Morgan fingerprint density at radius 2 is 1.77 bits per heavy atom. The molecule has 7 nitrogen and oxygen atoms in total. The van der Waals surface area contributed by atoms with Gasteiger partial charge < -0.3 is 14.8 Å². The van der Waals surface area contributed by atoms with Gasteiger partial charge in [0, 0.05) is 20.3 Å². The number of aryl methyl sites for hydroxylation is 1. The number of carbonyl (C=O) groups is 2. The molecule has 0 saturated carbocycles. The van der Waals surface area contributed by atoms with Gasteiger partial charge in [0.1, 0.15) is 16.9 Å². The van der Waals surface area contributed by atoms with Crippen LogP contribution in [0, 0.1) is 6.92 Å². The van der Waals surface area contributed by atoms with E-state index in [0.717, 1.165) is 23.5 Å². The van der Waals surface area contributed by atoms with Crippen molar-refractivity contribution in [3.05, 3.63) is 59.7 Å². The van der Waals surface area contributed by atoms with E-state index in [0.29, 0.717) is 18.4 Å². The Labute approximate surface area is 180 Å². The van der Waals surface area contributed by atoms with Crippen LogP contribution >= 0.6 is 11.8 Å². The van der Waals surface area contributed by atoms with Crippen LogP contribution in [0.5, 0.6) is 11.5 Å². The topological polar surface area (TPSA) is 80.2 Å². The maximum atomic E-state index is 11.9. The Morgan fingerprint density at radius 1 is 1.07 bits per heavy atom. The predicted octanol–water partition coefficient (Wildman–Crippen LogP) is 3.84. The molecule has 30 heavy (non-hydrogen) atoms. The summed E-state index contributed by atoms with van der Waals surface area (Å²) in [5.41, 5.74) is 2.07. The molecule has 0 saturated heterocycles. The zero-order valence-corrected chi connectivity index (χ0v) is 18.1. The van der Waals surface area contributed by atoms with E-state index in [1.807, 2.05) is 55.5 Å². The first-order valence-electron chi connectivity index (χ1n) is 9.67. The second-order valence-corrected chi connectivity index (χ2v) is 7.93. The molecule has 1 atom stereocenters. The molecule has 0 fully saturated rings. The quantitative estimate of drug-likeness (QED) is 0.679. The maximum absolute atomic E-state index is 11.9. The first-order chi connectivity index (χ1) is 14.4. The van der Waals surface area contributed by atoms with Crippen LogP contribution < -0.4 is 14.8 Å². The van der Waals surface area contributed by atoms with Gasteiger partial charge in [-0.3, -0.25) is 9.59 Å². The van der Waals surface area contributed by atoms with Crippen molar-refractivity contribution in [1.82, 2.24) is 10.3 Å². The lowest BCUT2D eigenvalue weighted by atomic mass is 10.2. The lowest BCUT2D eigenvalue weighted by Crippen LogP contribution is -2.25. The van der Waals surface area contributed by atoms with Crippen LogP contribution in [0.3, 0.4) is 0 Å². The number of nitrogens with zero attached hydrogens (tertiary/aromatic N) is 2. The standard InChI is InChI=1S/C22H25N3O4S/c1-15-6-4-7-20(14-15)29-13-5-12-28-19-10-8-18(9-11-19)21-25(17(3)27)24-22(30-21)23-16(2)26/h4,6-11,14,21H,5,12-13H2,1-3H3,(H,23,24,26)/t21-/m1/s1. The fraction of sp³-hybridized carbons (Fsp3) is 0.318. The average Bonchev–Trinajstić information content (AvgIpc) is 3.12. The van der Waals surface area contributed by atoms with Crippen LogP contribution in [-0.4, -0.2) is 35.2 Å². The van der Waals surface area contributed by atoms with Crippen molar-refractivity contribution in [3.8, 4) is 11.5 Å². The molecule has 2 amide bonds. The summed E-state index contributed by atoms with van der Waals surface area (Å²) in [5, 5.41) is 8.30. The number of carbonyl (C=O) groups excluding carboxylic acids is 2. The number of hydrogen-bond acceptors (Lipinski definition) is 6. The number of thioether (sulfide) groups is 1. The smallest absolute Gasteiger partial charge is 0.241 e. The van der Waals surface area contributed by atoms with Gasteiger partial charge in [-0.1, -0.05) is 36.0 Å². The second-order valence-electron chi connectivity index (χ2n) is 6.86. The van der Waals surface area contributed by atoms with Gasteiger partial charge in [-0.05, 0) is 42.3 Å². The molecule has 1 heterocycles. The van der Waals surface area contributed by atoms with Crippen molar-refractivity contribution in [2.75, 3.05) is 13.2 Å². The van der Waals surface area contributed by atoms with E-state index in [1.165, 1.54) is 36.2 Å². The molecule has 0 radical (unpaired) electrons. The van der Waals surface area contributed by atoms with Crippen LogP contribution in [0.1, 0.15) is 36.8 Å². The minimum absolute atomic E-state index is 0.193. The van der Waals surface area contributed by atoms with E-state index >= 15 is 0 Å². The Hall–Kier alpha value is -3.00. The van der Waals surface area contributed by atoms with E-state index in [4.69, 9.17) is 9.47 Å². The van der Waals surface area contributed by atoms with Gasteiger partial charge in [-0.15, -0.1) is 5.10 Å². The molecule has 2 aromatic rings. The summed E-state index contributed by atoms with van der Waals surface area (Å²) in [5.74, 6) is 1.20. The number of amides is 2. The van der Waals surface area contributed by atoms with E-state index in [1.54, 1.807) is 0 Å². The largest absolute Gasteiger partial charge is 0.493 e. The molecule has 8 heteroatoms. The molecule has 1 aliphatic heterocycles. The first-order valence-corrected chi connectivity index (χ1v) is 10.6. The van der Waals surface area contributed by atoms with Crippen molar-refractivity contribution in [2.24, 2.45) is 5.10 Å². The van der Waals surface area contributed by atoms with Crippen molar-refractivity contribution in [2.45, 2.75) is 32.6 Å². The number of hydrazone groups is 1. The third-order valence-electron chi connectivity index (χ3n) is 4.23. The predicted molar refractivity (Wildman–Crippen MR) is 117 cm³/mol.